The number of hydrogen-bond acceptors (Lipinski definition) is 3. The van der Waals surface area contributed by atoms with Gasteiger partial charge in [-0.05, 0) is 42.9 Å². The van der Waals surface area contributed by atoms with E-state index in [1.165, 1.54) is 31.4 Å². The Balaban J connectivity index is 1.81. The van der Waals surface area contributed by atoms with Gasteiger partial charge < -0.3 is 15.1 Å². The molecular weight excluding hydrogens is 257 g/mol. The zero-order valence-electron chi connectivity index (χ0n) is 11.8. The molecule has 1 aliphatic rings. The van der Waals surface area contributed by atoms with E-state index >= 15 is 0 Å². The van der Waals surface area contributed by atoms with Gasteiger partial charge in [-0.25, -0.2) is 4.39 Å². The molecule has 1 unspecified atom stereocenters. The molecule has 1 aromatic carbocycles. The molecule has 0 spiro atoms. The topological polar surface area (TPSA) is 43.7 Å². The second-order valence-corrected chi connectivity index (χ2v) is 5.68. The maximum Gasteiger partial charge on any atom is 0.123 e. The first kappa shape index (κ1) is 15.4. The van der Waals surface area contributed by atoms with Gasteiger partial charge in [-0.3, -0.25) is 0 Å². The number of aliphatic hydroxyl groups is 2. The predicted molar refractivity (Wildman–Crippen MR) is 76.8 cm³/mol. The van der Waals surface area contributed by atoms with E-state index in [0.717, 1.165) is 19.0 Å². The molecule has 0 radical (unpaired) electrons. The summed E-state index contributed by atoms with van der Waals surface area (Å²) in [5, 5.41) is 19.2. The molecule has 2 N–H and O–H groups in total. The molecule has 0 amide bonds. The summed E-state index contributed by atoms with van der Waals surface area (Å²) >= 11 is 0. The highest BCUT2D eigenvalue weighted by atomic mass is 19.1. The van der Waals surface area contributed by atoms with Gasteiger partial charge in [0.2, 0.25) is 0 Å². The first-order valence-electron chi connectivity index (χ1n) is 7.46. The number of benzene rings is 1. The lowest BCUT2D eigenvalue weighted by Gasteiger charge is -2.32. The Morgan fingerprint density at radius 2 is 2.10 bits per heavy atom. The molecule has 1 saturated carbocycles. The van der Waals surface area contributed by atoms with Crippen LogP contribution in [0.1, 0.15) is 37.4 Å². The summed E-state index contributed by atoms with van der Waals surface area (Å²) < 4.78 is 13.1. The lowest BCUT2D eigenvalue weighted by atomic mass is 9.85. The lowest BCUT2D eigenvalue weighted by Crippen LogP contribution is -2.35. The van der Waals surface area contributed by atoms with E-state index in [0.29, 0.717) is 18.5 Å². The quantitative estimate of drug-likeness (QED) is 0.768. The van der Waals surface area contributed by atoms with E-state index < -0.39 is 6.10 Å². The van der Waals surface area contributed by atoms with Gasteiger partial charge >= 0.3 is 0 Å². The molecule has 0 saturated heterocycles. The van der Waals surface area contributed by atoms with Crippen LogP contribution in [0.2, 0.25) is 0 Å². The van der Waals surface area contributed by atoms with E-state index in [-0.39, 0.29) is 12.4 Å². The molecule has 1 atom stereocenters. The predicted octanol–water partition coefficient (Wildman–Crippen LogP) is 2.34. The van der Waals surface area contributed by atoms with Crippen LogP contribution < -0.4 is 0 Å². The number of hydrogen-bond donors (Lipinski definition) is 2. The maximum absolute atomic E-state index is 13.1. The van der Waals surface area contributed by atoms with Crippen LogP contribution in [-0.2, 0) is 0 Å². The van der Waals surface area contributed by atoms with Crippen molar-refractivity contribution in [2.75, 3.05) is 26.2 Å². The molecule has 0 aromatic heterocycles. The van der Waals surface area contributed by atoms with Gasteiger partial charge in [0.05, 0.1) is 12.7 Å². The monoisotopic (exact) mass is 281 g/mol. The van der Waals surface area contributed by atoms with Gasteiger partial charge in [0.1, 0.15) is 5.82 Å². The Morgan fingerprint density at radius 1 is 1.30 bits per heavy atom. The van der Waals surface area contributed by atoms with Crippen LogP contribution in [0, 0.1) is 11.7 Å². The smallest absolute Gasteiger partial charge is 0.123 e. The van der Waals surface area contributed by atoms with Crippen LogP contribution in [0.25, 0.3) is 0 Å². The number of aliphatic hydroxyl groups excluding tert-OH is 2. The van der Waals surface area contributed by atoms with Crippen LogP contribution in [0.5, 0.6) is 0 Å². The molecule has 20 heavy (non-hydrogen) atoms. The molecule has 1 fully saturated rings. The molecule has 2 rings (SSSR count). The number of halogens is 1. The fraction of sp³-hybridized carbons (Fsp3) is 0.625. The van der Waals surface area contributed by atoms with Crippen LogP contribution in [0.3, 0.4) is 0 Å². The van der Waals surface area contributed by atoms with E-state index in [1.54, 1.807) is 12.1 Å². The third kappa shape index (κ3) is 4.54. The Morgan fingerprint density at radius 3 is 2.70 bits per heavy atom. The summed E-state index contributed by atoms with van der Waals surface area (Å²) in [6, 6.07) is 6.13. The summed E-state index contributed by atoms with van der Waals surface area (Å²) in [6.45, 7) is 2.51. The van der Waals surface area contributed by atoms with E-state index in [4.69, 9.17) is 5.11 Å². The van der Waals surface area contributed by atoms with Crippen molar-refractivity contribution in [3.05, 3.63) is 35.6 Å². The Kier molecular flexibility index (Phi) is 5.95. The summed E-state index contributed by atoms with van der Waals surface area (Å²) in [6.07, 6.45) is 3.77. The summed E-state index contributed by atoms with van der Waals surface area (Å²) in [5.74, 6) is 0.427. The normalized spacial score (nSPS) is 17.2. The molecule has 112 valence electrons. The second-order valence-electron chi connectivity index (χ2n) is 5.68. The minimum Gasteiger partial charge on any atom is -0.395 e. The van der Waals surface area contributed by atoms with Crippen molar-refractivity contribution in [2.24, 2.45) is 5.92 Å². The van der Waals surface area contributed by atoms with Crippen molar-refractivity contribution in [1.29, 1.82) is 0 Å². The molecule has 4 heteroatoms. The summed E-state index contributed by atoms with van der Waals surface area (Å²) in [5.41, 5.74) is 0.623. The van der Waals surface area contributed by atoms with E-state index in [2.05, 4.69) is 4.90 Å². The summed E-state index contributed by atoms with van der Waals surface area (Å²) in [7, 11) is 0. The van der Waals surface area contributed by atoms with Crippen LogP contribution >= 0.6 is 0 Å². The summed E-state index contributed by atoms with van der Waals surface area (Å²) in [4.78, 5) is 2.20. The molecule has 3 nitrogen and oxygen atoms in total. The standard InChI is InChI=1S/C16H24FNO2/c17-15-6-2-5-14(11-15)16(20)7-8-18(9-10-19)12-13-3-1-4-13/h2,5-6,11,13,16,19-20H,1,3-4,7-10,12H2. The fourth-order valence-electron chi connectivity index (χ4n) is 2.66. The SMILES string of the molecule is OCCN(CCC(O)c1cccc(F)c1)CC1CCC1. The molecular formula is C16H24FNO2. The zero-order chi connectivity index (χ0) is 14.4. The minimum atomic E-state index is -0.645. The molecule has 1 aliphatic carbocycles. The van der Waals surface area contributed by atoms with Gasteiger partial charge in [0, 0.05) is 19.6 Å². The van der Waals surface area contributed by atoms with Crippen molar-refractivity contribution in [2.45, 2.75) is 31.8 Å². The molecule has 1 aromatic rings. The van der Waals surface area contributed by atoms with Gasteiger partial charge in [-0.1, -0.05) is 18.6 Å². The molecule has 0 aliphatic heterocycles. The third-order valence-electron chi connectivity index (χ3n) is 4.11. The van der Waals surface area contributed by atoms with Gasteiger partial charge in [-0.15, -0.1) is 0 Å². The zero-order valence-corrected chi connectivity index (χ0v) is 11.8. The van der Waals surface area contributed by atoms with Gasteiger partial charge in [0.25, 0.3) is 0 Å². The number of nitrogens with zero attached hydrogens (tertiary/aromatic N) is 1. The Hall–Kier alpha value is -0.970. The third-order valence-corrected chi connectivity index (χ3v) is 4.11. The first-order valence-corrected chi connectivity index (χ1v) is 7.46. The fourth-order valence-corrected chi connectivity index (χ4v) is 2.66. The average molecular weight is 281 g/mol. The van der Waals surface area contributed by atoms with Crippen LogP contribution in [-0.4, -0.2) is 41.4 Å². The molecule has 0 heterocycles. The van der Waals surface area contributed by atoms with Gasteiger partial charge in [-0.2, -0.15) is 0 Å². The first-order chi connectivity index (χ1) is 9.69. The van der Waals surface area contributed by atoms with Crippen LogP contribution in [0.4, 0.5) is 4.39 Å². The van der Waals surface area contributed by atoms with Gasteiger partial charge in [0.15, 0.2) is 0 Å². The van der Waals surface area contributed by atoms with E-state index in [1.807, 2.05) is 0 Å². The lowest BCUT2D eigenvalue weighted by molar-refractivity contribution is 0.109. The molecule has 0 bridgehead atoms. The Bertz CT molecular complexity index is 409. The van der Waals surface area contributed by atoms with Crippen molar-refractivity contribution < 1.29 is 14.6 Å². The van der Waals surface area contributed by atoms with Crippen molar-refractivity contribution in [3.8, 4) is 0 Å². The Labute approximate surface area is 120 Å². The average Bonchev–Trinajstić information content (AvgIpc) is 2.39. The van der Waals surface area contributed by atoms with Crippen molar-refractivity contribution >= 4 is 0 Å². The number of rotatable bonds is 8. The largest absolute Gasteiger partial charge is 0.395 e. The maximum atomic E-state index is 13.1. The van der Waals surface area contributed by atoms with E-state index in [9.17, 15) is 9.50 Å². The highest BCUT2D eigenvalue weighted by Crippen LogP contribution is 2.27. The van der Waals surface area contributed by atoms with Crippen molar-refractivity contribution in [3.63, 3.8) is 0 Å². The highest BCUT2D eigenvalue weighted by Gasteiger charge is 2.21. The minimum absolute atomic E-state index is 0.142. The highest BCUT2D eigenvalue weighted by molar-refractivity contribution is 5.18. The van der Waals surface area contributed by atoms with Crippen LogP contribution in [0.15, 0.2) is 24.3 Å². The van der Waals surface area contributed by atoms with Crippen molar-refractivity contribution in [1.82, 2.24) is 4.90 Å². The second kappa shape index (κ2) is 7.72.